The summed E-state index contributed by atoms with van der Waals surface area (Å²) in [7, 11) is 2.13. The summed E-state index contributed by atoms with van der Waals surface area (Å²) in [6, 6.07) is 27.1. The molecular formula is C31H34N4O2. The predicted molar refractivity (Wildman–Crippen MR) is 149 cm³/mol. The van der Waals surface area contributed by atoms with Crippen molar-refractivity contribution in [3.05, 3.63) is 112 Å². The number of amides is 1. The molecule has 5 rings (SSSR count). The Kier molecular flexibility index (Phi) is 7.49. The van der Waals surface area contributed by atoms with Crippen LogP contribution < -0.4 is 10.9 Å². The molecule has 4 aromatic rings. The summed E-state index contributed by atoms with van der Waals surface area (Å²) < 4.78 is 1.75. The zero-order valence-corrected chi connectivity index (χ0v) is 21.6. The van der Waals surface area contributed by atoms with Crippen molar-refractivity contribution in [2.45, 2.75) is 25.9 Å². The molecule has 0 aliphatic carbocycles. The third-order valence-electron chi connectivity index (χ3n) is 7.31. The molecule has 0 spiro atoms. The van der Waals surface area contributed by atoms with Crippen molar-refractivity contribution in [1.29, 1.82) is 0 Å². The number of nitrogens with zero attached hydrogens (tertiary/aromatic N) is 3. The number of carbonyl (C=O) groups is 1. The highest BCUT2D eigenvalue weighted by molar-refractivity contribution is 6.08. The standard InChI is InChI=1S/C31H34N4O2/c1-3-27(23-12-6-4-7-13-23)32-30(36)29-25-16-10-11-17-26(25)31(37)35(24-14-8-5-9-15-24)28(29)22-34-20-18-33(2)19-21-34/h4-17,27H,3,18-22H2,1-2H3,(H,32,36)/t27-/m0/s1. The number of hydrogen-bond acceptors (Lipinski definition) is 4. The van der Waals surface area contributed by atoms with E-state index in [1.54, 1.807) is 4.57 Å². The molecule has 0 radical (unpaired) electrons. The van der Waals surface area contributed by atoms with Gasteiger partial charge in [-0.05, 0) is 37.2 Å². The molecular weight excluding hydrogens is 460 g/mol. The van der Waals surface area contributed by atoms with Crippen LogP contribution in [0.5, 0.6) is 0 Å². The highest BCUT2D eigenvalue weighted by atomic mass is 16.2. The van der Waals surface area contributed by atoms with Crippen LogP contribution in [0.2, 0.25) is 0 Å². The molecule has 0 saturated carbocycles. The molecule has 190 valence electrons. The van der Waals surface area contributed by atoms with Crippen molar-refractivity contribution in [3.8, 4) is 5.69 Å². The quantitative estimate of drug-likeness (QED) is 0.407. The Morgan fingerprint density at radius 1 is 0.838 bits per heavy atom. The third kappa shape index (κ3) is 5.22. The largest absolute Gasteiger partial charge is 0.345 e. The molecule has 6 heteroatoms. The summed E-state index contributed by atoms with van der Waals surface area (Å²) >= 11 is 0. The first-order valence-electron chi connectivity index (χ1n) is 13.1. The van der Waals surface area contributed by atoms with Gasteiger partial charge >= 0.3 is 0 Å². The van der Waals surface area contributed by atoms with E-state index >= 15 is 0 Å². The number of rotatable bonds is 7. The Hall–Kier alpha value is -3.74. The van der Waals surface area contributed by atoms with Gasteiger partial charge in [0.25, 0.3) is 11.5 Å². The minimum atomic E-state index is -0.152. The number of para-hydroxylation sites is 1. The van der Waals surface area contributed by atoms with Crippen LogP contribution >= 0.6 is 0 Å². The second-order valence-electron chi connectivity index (χ2n) is 9.77. The van der Waals surface area contributed by atoms with Crippen molar-refractivity contribution in [2.24, 2.45) is 0 Å². The van der Waals surface area contributed by atoms with Gasteiger partial charge in [-0.3, -0.25) is 19.1 Å². The number of benzene rings is 3. The lowest BCUT2D eigenvalue weighted by atomic mass is 9.99. The molecule has 6 nitrogen and oxygen atoms in total. The van der Waals surface area contributed by atoms with Gasteiger partial charge in [0, 0.05) is 49.2 Å². The number of piperazine rings is 1. The van der Waals surface area contributed by atoms with Gasteiger partial charge in [0.1, 0.15) is 0 Å². The van der Waals surface area contributed by atoms with Crippen molar-refractivity contribution >= 4 is 16.7 Å². The second-order valence-corrected chi connectivity index (χ2v) is 9.77. The number of carbonyl (C=O) groups excluding carboxylic acids is 1. The maximum Gasteiger partial charge on any atom is 0.263 e. The van der Waals surface area contributed by atoms with E-state index in [0.717, 1.165) is 49.5 Å². The van der Waals surface area contributed by atoms with Crippen LogP contribution in [-0.4, -0.2) is 53.5 Å². The SMILES string of the molecule is CC[C@H](NC(=O)c1c(CN2CCN(C)CC2)n(-c2ccccc2)c(=O)c2ccccc12)c1ccccc1. The summed E-state index contributed by atoms with van der Waals surface area (Å²) in [5.41, 5.74) is 3.05. The number of pyridine rings is 1. The van der Waals surface area contributed by atoms with Gasteiger partial charge in [-0.15, -0.1) is 0 Å². The lowest BCUT2D eigenvalue weighted by Crippen LogP contribution is -2.45. The molecule has 1 aliphatic rings. The lowest BCUT2D eigenvalue weighted by Gasteiger charge is -2.33. The van der Waals surface area contributed by atoms with Gasteiger partial charge in [0.05, 0.1) is 17.3 Å². The molecule has 3 aromatic carbocycles. The van der Waals surface area contributed by atoms with E-state index in [1.807, 2.05) is 84.9 Å². The van der Waals surface area contributed by atoms with Crippen LogP contribution in [0.15, 0.2) is 89.7 Å². The maximum atomic E-state index is 14.2. The number of likely N-dealkylation sites (N-methyl/N-ethyl adjacent to an activating group) is 1. The maximum absolute atomic E-state index is 14.2. The molecule has 1 aromatic heterocycles. The molecule has 37 heavy (non-hydrogen) atoms. The van der Waals surface area contributed by atoms with Gasteiger partial charge < -0.3 is 10.2 Å². The van der Waals surface area contributed by atoms with E-state index in [1.165, 1.54) is 0 Å². The molecule has 1 atom stereocenters. The van der Waals surface area contributed by atoms with Crippen LogP contribution in [0.3, 0.4) is 0 Å². The first kappa shape index (κ1) is 24.9. The van der Waals surface area contributed by atoms with Gasteiger partial charge in [-0.1, -0.05) is 73.7 Å². The van der Waals surface area contributed by atoms with E-state index in [-0.39, 0.29) is 17.5 Å². The minimum Gasteiger partial charge on any atom is -0.345 e. The Morgan fingerprint density at radius 3 is 2.08 bits per heavy atom. The molecule has 1 fully saturated rings. The van der Waals surface area contributed by atoms with Crippen LogP contribution in [-0.2, 0) is 6.54 Å². The number of aromatic nitrogens is 1. The van der Waals surface area contributed by atoms with Gasteiger partial charge in [-0.2, -0.15) is 0 Å². The Balaban J connectivity index is 1.68. The fourth-order valence-corrected chi connectivity index (χ4v) is 5.21. The Labute approximate surface area is 218 Å². The van der Waals surface area contributed by atoms with Crippen molar-refractivity contribution in [3.63, 3.8) is 0 Å². The predicted octanol–water partition coefficient (Wildman–Crippen LogP) is 4.62. The van der Waals surface area contributed by atoms with E-state index in [2.05, 4.69) is 29.1 Å². The fourth-order valence-electron chi connectivity index (χ4n) is 5.21. The normalized spacial score (nSPS) is 15.5. The van der Waals surface area contributed by atoms with Crippen molar-refractivity contribution in [2.75, 3.05) is 33.2 Å². The summed E-state index contributed by atoms with van der Waals surface area (Å²) in [6.07, 6.45) is 0.764. The summed E-state index contributed by atoms with van der Waals surface area (Å²) in [5.74, 6) is -0.152. The minimum absolute atomic E-state index is 0.0995. The van der Waals surface area contributed by atoms with Gasteiger partial charge in [0.2, 0.25) is 0 Å². The zero-order valence-electron chi connectivity index (χ0n) is 21.6. The summed E-state index contributed by atoms with van der Waals surface area (Å²) in [6.45, 7) is 6.27. The molecule has 1 aliphatic heterocycles. The molecule has 1 N–H and O–H groups in total. The number of fused-ring (bicyclic) bond motifs is 1. The smallest absolute Gasteiger partial charge is 0.263 e. The van der Waals surface area contributed by atoms with E-state index in [4.69, 9.17) is 0 Å². The second kappa shape index (κ2) is 11.1. The first-order valence-corrected chi connectivity index (χ1v) is 13.1. The highest BCUT2D eigenvalue weighted by Gasteiger charge is 2.26. The van der Waals surface area contributed by atoms with Crippen LogP contribution in [0.25, 0.3) is 16.5 Å². The van der Waals surface area contributed by atoms with Crippen molar-refractivity contribution in [1.82, 2.24) is 19.7 Å². The van der Waals surface area contributed by atoms with E-state index in [9.17, 15) is 9.59 Å². The van der Waals surface area contributed by atoms with Gasteiger partial charge in [-0.25, -0.2) is 0 Å². The van der Waals surface area contributed by atoms with E-state index in [0.29, 0.717) is 22.9 Å². The van der Waals surface area contributed by atoms with Crippen LogP contribution in [0.1, 0.15) is 41.0 Å². The topological polar surface area (TPSA) is 57.6 Å². The fraction of sp³-hybridized carbons (Fsp3) is 0.290. The molecule has 1 saturated heterocycles. The molecule has 1 amide bonds. The average molecular weight is 495 g/mol. The monoisotopic (exact) mass is 494 g/mol. The molecule has 2 heterocycles. The van der Waals surface area contributed by atoms with Gasteiger partial charge in [0.15, 0.2) is 0 Å². The molecule has 0 unspecified atom stereocenters. The first-order chi connectivity index (χ1) is 18.1. The van der Waals surface area contributed by atoms with Crippen molar-refractivity contribution < 1.29 is 4.79 Å². The van der Waals surface area contributed by atoms with Crippen LogP contribution in [0, 0.1) is 0 Å². The summed E-state index contributed by atoms with van der Waals surface area (Å²) in [5, 5.41) is 4.54. The average Bonchev–Trinajstić information content (AvgIpc) is 2.94. The third-order valence-corrected chi connectivity index (χ3v) is 7.31. The number of nitrogens with one attached hydrogen (secondary N) is 1. The number of hydrogen-bond donors (Lipinski definition) is 1. The highest BCUT2D eigenvalue weighted by Crippen LogP contribution is 2.26. The molecule has 0 bridgehead atoms. The Bertz CT molecular complexity index is 1420. The Morgan fingerprint density at radius 2 is 1.43 bits per heavy atom. The lowest BCUT2D eigenvalue weighted by molar-refractivity contribution is 0.0932. The zero-order chi connectivity index (χ0) is 25.8. The van der Waals surface area contributed by atoms with E-state index < -0.39 is 0 Å². The summed E-state index contributed by atoms with van der Waals surface area (Å²) in [4.78, 5) is 32.7. The van der Waals surface area contributed by atoms with Crippen LogP contribution in [0.4, 0.5) is 0 Å².